The van der Waals surface area contributed by atoms with Gasteiger partial charge in [-0.1, -0.05) is 0 Å². The van der Waals surface area contributed by atoms with Gasteiger partial charge in [0.2, 0.25) is 0 Å². The molecule has 4 nitrogen and oxygen atoms in total. The number of rotatable bonds is 4. The first-order valence-corrected chi connectivity index (χ1v) is 6.64. The van der Waals surface area contributed by atoms with Crippen molar-refractivity contribution in [3.8, 4) is 28.6 Å². The number of aromatic nitrogens is 2. The maximum Gasteiger partial charge on any atom is 0.144 e. The lowest BCUT2D eigenvalue weighted by Crippen LogP contribution is -1.96. The van der Waals surface area contributed by atoms with Crippen molar-refractivity contribution < 1.29 is 9.47 Å². The Morgan fingerprint density at radius 3 is 1.95 bits per heavy atom. The maximum atomic E-state index is 5.19. The van der Waals surface area contributed by atoms with Gasteiger partial charge >= 0.3 is 0 Å². The zero-order valence-corrected chi connectivity index (χ0v) is 12.0. The van der Waals surface area contributed by atoms with Crippen molar-refractivity contribution in [2.75, 3.05) is 14.2 Å². The van der Waals surface area contributed by atoms with Gasteiger partial charge in [0, 0.05) is 23.6 Å². The molecule has 1 heterocycles. The Balaban J connectivity index is 1.99. The molecule has 0 saturated heterocycles. The number of methoxy groups -OCH3 is 2. The van der Waals surface area contributed by atoms with Crippen LogP contribution in [0.3, 0.4) is 0 Å². The Hall–Kier alpha value is -2.75. The standard InChI is InChI=1S/C17H16N2O2/c1-20-15-7-3-13(4-8-15)17-18-11-12-19(17)14-5-9-16(21-2)10-6-14/h3-12H,1-2H3. The number of imidazole rings is 1. The molecule has 2 aromatic carbocycles. The lowest BCUT2D eigenvalue weighted by molar-refractivity contribution is 0.414. The summed E-state index contributed by atoms with van der Waals surface area (Å²) >= 11 is 0. The van der Waals surface area contributed by atoms with Gasteiger partial charge in [0.25, 0.3) is 0 Å². The minimum atomic E-state index is 0.835. The molecule has 0 fully saturated rings. The summed E-state index contributed by atoms with van der Waals surface area (Å²) in [5, 5.41) is 0. The van der Waals surface area contributed by atoms with Crippen molar-refractivity contribution >= 4 is 0 Å². The average molecular weight is 280 g/mol. The molecule has 4 heteroatoms. The molecule has 0 aliphatic rings. The summed E-state index contributed by atoms with van der Waals surface area (Å²) in [5.74, 6) is 2.56. The number of hydrogen-bond donors (Lipinski definition) is 0. The summed E-state index contributed by atoms with van der Waals surface area (Å²) in [6, 6.07) is 15.8. The van der Waals surface area contributed by atoms with Crippen LogP contribution in [0.5, 0.6) is 11.5 Å². The van der Waals surface area contributed by atoms with Gasteiger partial charge in [0.1, 0.15) is 17.3 Å². The van der Waals surface area contributed by atoms with Gasteiger partial charge in [-0.3, -0.25) is 4.57 Å². The largest absolute Gasteiger partial charge is 0.497 e. The van der Waals surface area contributed by atoms with Crippen LogP contribution in [0.25, 0.3) is 17.1 Å². The van der Waals surface area contributed by atoms with Crippen LogP contribution in [0.1, 0.15) is 0 Å². The highest BCUT2D eigenvalue weighted by Gasteiger charge is 2.08. The molecular formula is C17H16N2O2. The zero-order chi connectivity index (χ0) is 14.7. The van der Waals surface area contributed by atoms with Gasteiger partial charge < -0.3 is 9.47 Å². The smallest absolute Gasteiger partial charge is 0.144 e. The average Bonchev–Trinajstić information content (AvgIpc) is 3.04. The third-order valence-electron chi connectivity index (χ3n) is 3.34. The highest BCUT2D eigenvalue weighted by atomic mass is 16.5. The Bertz CT molecular complexity index is 653. The maximum absolute atomic E-state index is 5.19. The van der Waals surface area contributed by atoms with Crippen LogP contribution < -0.4 is 9.47 Å². The SMILES string of the molecule is COc1ccc(-c2nccn2-c2ccc(OC)cc2)cc1. The molecule has 0 saturated carbocycles. The summed E-state index contributed by atoms with van der Waals surface area (Å²) in [6.45, 7) is 0. The fourth-order valence-corrected chi connectivity index (χ4v) is 2.21. The van der Waals surface area contributed by atoms with Gasteiger partial charge in [0.05, 0.1) is 14.2 Å². The van der Waals surface area contributed by atoms with Crippen LogP contribution in [-0.2, 0) is 0 Å². The molecule has 0 atom stereocenters. The monoisotopic (exact) mass is 280 g/mol. The molecule has 106 valence electrons. The van der Waals surface area contributed by atoms with E-state index in [4.69, 9.17) is 9.47 Å². The summed E-state index contributed by atoms with van der Waals surface area (Å²) in [6.07, 6.45) is 3.74. The Labute approximate surface area is 123 Å². The van der Waals surface area contributed by atoms with E-state index in [1.807, 2.05) is 59.3 Å². The van der Waals surface area contributed by atoms with E-state index < -0.39 is 0 Å². The van der Waals surface area contributed by atoms with Crippen LogP contribution in [0.15, 0.2) is 60.9 Å². The summed E-state index contributed by atoms with van der Waals surface area (Å²) < 4.78 is 12.4. The number of ether oxygens (including phenoxy) is 2. The van der Waals surface area contributed by atoms with E-state index in [0.29, 0.717) is 0 Å². The Morgan fingerprint density at radius 2 is 1.38 bits per heavy atom. The molecule has 0 spiro atoms. The van der Waals surface area contributed by atoms with Crippen molar-refractivity contribution in [2.45, 2.75) is 0 Å². The number of nitrogens with zero attached hydrogens (tertiary/aromatic N) is 2. The third kappa shape index (κ3) is 2.60. The highest BCUT2D eigenvalue weighted by Crippen LogP contribution is 2.24. The van der Waals surface area contributed by atoms with Crippen molar-refractivity contribution in [2.24, 2.45) is 0 Å². The Kier molecular flexibility index (Phi) is 3.60. The molecule has 0 amide bonds. The second kappa shape index (κ2) is 5.71. The first-order chi connectivity index (χ1) is 10.3. The van der Waals surface area contributed by atoms with Gasteiger partial charge in [-0.05, 0) is 48.5 Å². The molecule has 3 rings (SSSR count). The quantitative estimate of drug-likeness (QED) is 0.733. The molecular weight excluding hydrogens is 264 g/mol. The fraction of sp³-hybridized carbons (Fsp3) is 0.118. The van der Waals surface area contributed by atoms with Crippen LogP contribution in [-0.4, -0.2) is 23.8 Å². The zero-order valence-electron chi connectivity index (χ0n) is 12.0. The molecule has 1 aromatic heterocycles. The second-order valence-electron chi connectivity index (χ2n) is 4.55. The highest BCUT2D eigenvalue weighted by molar-refractivity contribution is 5.60. The molecule has 3 aromatic rings. The lowest BCUT2D eigenvalue weighted by Gasteiger charge is -2.09. The summed E-state index contributed by atoms with van der Waals surface area (Å²) in [5.41, 5.74) is 2.08. The predicted octanol–water partition coefficient (Wildman–Crippen LogP) is 3.56. The number of benzene rings is 2. The van der Waals surface area contributed by atoms with Crippen molar-refractivity contribution in [1.29, 1.82) is 0 Å². The predicted molar refractivity (Wildman–Crippen MR) is 82.1 cm³/mol. The molecule has 0 unspecified atom stereocenters. The molecule has 0 aliphatic heterocycles. The Morgan fingerprint density at radius 1 is 0.810 bits per heavy atom. The first-order valence-electron chi connectivity index (χ1n) is 6.64. The molecule has 21 heavy (non-hydrogen) atoms. The van der Waals surface area contributed by atoms with Gasteiger partial charge in [0.15, 0.2) is 0 Å². The van der Waals surface area contributed by atoms with Crippen molar-refractivity contribution in [3.05, 3.63) is 60.9 Å². The van der Waals surface area contributed by atoms with Crippen LogP contribution in [0.2, 0.25) is 0 Å². The van der Waals surface area contributed by atoms with E-state index in [-0.39, 0.29) is 0 Å². The molecule has 0 radical (unpaired) electrons. The van der Waals surface area contributed by atoms with E-state index >= 15 is 0 Å². The van der Waals surface area contributed by atoms with Crippen molar-refractivity contribution in [3.63, 3.8) is 0 Å². The third-order valence-corrected chi connectivity index (χ3v) is 3.34. The lowest BCUT2D eigenvalue weighted by atomic mass is 10.2. The van der Waals surface area contributed by atoms with Gasteiger partial charge in [-0.15, -0.1) is 0 Å². The van der Waals surface area contributed by atoms with Crippen molar-refractivity contribution in [1.82, 2.24) is 9.55 Å². The van der Waals surface area contributed by atoms with E-state index in [0.717, 1.165) is 28.6 Å². The summed E-state index contributed by atoms with van der Waals surface area (Å²) in [4.78, 5) is 4.45. The minimum absolute atomic E-state index is 0.835. The van der Waals surface area contributed by atoms with Crippen LogP contribution in [0.4, 0.5) is 0 Å². The van der Waals surface area contributed by atoms with E-state index in [1.54, 1.807) is 20.4 Å². The second-order valence-corrected chi connectivity index (χ2v) is 4.55. The van der Waals surface area contributed by atoms with Gasteiger partial charge in [-0.25, -0.2) is 4.98 Å². The van der Waals surface area contributed by atoms with Crippen LogP contribution >= 0.6 is 0 Å². The fourth-order valence-electron chi connectivity index (χ4n) is 2.21. The summed E-state index contributed by atoms with van der Waals surface area (Å²) in [7, 11) is 3.32. The van der Waals surface area contributed by atoms with Gasteiger partial charge in [-0.2, -0.15) is 0 Å². The van der Waals surface area contributed by atoms with E-state index in [1.165, 1.54) is 0 Å². The topological polar surface area (TPSA) is 36.3 Å². The first kappa shape index (κ1) is 13.2. The minimum Gasteiger partial charge on any atom is -0.497 e. The van der Waals surface area contributed by atoms with E-state index in [2.05, 4.69) is 4.98 Å². The molecule has 0 bridgehead atoms. The molecule has 0 N–H and O–H groups in total. The van der Waals surface area contributed by atoms with E-state index in [9.17, 15) is 0 Å². The number of hydrogen-bond acceptors (Lipinski definition) is 3. The van der Waals surface area contributed by atoms with Crippen LogP contribution in [0, 0.1) is 0 Å². The molecule has 0 aliphatic carbocycles. The normalized spacial score (nSPS) is 10.4.